The normalized spacial score (nSPS) is 10.2. The fraction of sp³-hybridized carbons (Fsp3) is 0.250. The monoisotopic (exact) mass is 316 g/mol. The molecule has 0 radical (unpaired) electrons. The molecule has 5 nitrogen and oxygen atoms in total. The second kappa shape index (κ2) is 8.96. The highest BCUT2D eigenvalue weighted by atomic mass is 32.1. The van der Waals surface area contributed by atoms with Gasteiger partial charge in [0.15, 0.2) is 5.11 Å². The van der Waals surface area contributed by atoms with Crippen LogP contribution in [0.1, 0.15) is 5.56 Å². The summed E-state index contributed by atoms with van der Waals surface area (Å²) < 4.78 is 7.46. The lowest BCUT2D eigenvalue weighted by atomic mass is 10.2. The predicted molar refractivity (Wildman–Crippen MR) is 92.7 cm³/mol. The molecule has 0 amide bonds. The third-order valence-electron chi connectivity index (χ3n) is 2.87. The predicted octanol–water partition coefficient (Wildman–Crippen LogP) is 2.57. The minimum atomic E-state index is 0.555. The maximum absolute atomic E-state index is 5.64. The van der Waals surface area contributed by atoms with Gasteiger partial charge in [0.25, 0.3) is 0 Å². The summed E-state index contributed by atoms with van der Waals surface area (Å²) in [6.45, 7) is 6.18. The Morgan fingerprint density at radius 1 is 1.36 bits per heavy atom. The number of aromatic nitrogens is 2. The smallest absolute Gasteiger partial charge is 0.171 e. The second-order valence-electron chi connectivity index (χ2n) is 4.65. The molecule has 0 aliphatic rings. The van der Waals surface area contributed by atoms with Gasteiger partial charge in [-0.05, 0) is 17.8 Å². The van der Waals surface area contributed by atoms with Crippen molar-refractivity contribution in [3.05, 3.63) is 60.9 Å². The summed E-state index contributed by atoms with van der Waals surface area (Å²) in [5, 5.41) is 10.9. The van der Waals surface area contributed by atoms with E-state index in [1.54, 1.807) is 12.3 Å². The van der Waals surface area contributed by atoms with E-state index >= 15 is 0 Å². The maximum Gasteiger partial charge on any atom is 0.171 e. The minimum Gasteiger partial charge on any atom is -0.375 e. The summed E-state index contributed by atoms with van der Waals surface area (Å²) in [4.78, 5) is 0. The van der Waals surface area contributed by atoms with Crippen LogP contribution in [-0.4, -0.2) is 28.0 Å². The van der Waals surface area contributed by atoms with Crippen LogP contribution in [0.5, 0.6) is 0 Å². The van der Waals surface area contributed by atoms with Gasteiger partial charge in [-0.1, -0.05) is 36.4 Å². The number of benzene rings is 1. The molecule has 0 spiro atoms. The van der Waals surface area contributed by atoms with Crippen LogP contribution in [0.15, 0.2) is 55.4 Å². The van der Waals surface area contributed by atoms with Crippen molar-refractivity contribution in [3.63, 3.8) is 0 Å². The minimum absolute atomic E-state index is 0.555. The van der Waals surface area contributed by atoms with E-state index in [1.807, 2.05) is 41.2 Å². The molecule has 1 heterocycles. The van der Waals surface area contributed by atoms with Crippen molar-refractivity contribution in [2.24, 2.45) is 0 Å². The van der Waals surface area contributed by atoms with Crippen molar-refractivity contribution >= 4 is 23.0 Å². The molecule has 22 heavy (non-hydrogen) atoms. The summed E-state index contributed by atoms with van der Waals surface area (Å²) in [6.07, 6.45) is 5.38. The Kier molecular flexibility index (Phi) is 6.60. The van der Waals surface area contributed by atoms with Gasteiger partial charge >= 0.3 is 0 Å². The number of nitrogens with one attached hydrogen (secondary N) is 2. The van der Waals surface area contributed by atoms with Gasteiger partial charge < -0.3 is 15.4 Å². The lowest BCUT2D eigenvalue weighted by Crippen LogP contribution is -2.28. The third kappa shape index (κ3) is 5.67. The molecule has 0 aliphatic heterocycles. The van der Waals surface area contributed by atoms with Crippen LogP contribution >= 0.6 is 12.2 Å². The van der Waals surface area contributed by atoms with E-state index in [0.29, 0.717) is 31.4 Å². The van der Waals surface area contributed by atoms with Crippen molar-refractivity contribution < 1.29 is 4.74 Å². The van der Waals surface area contributed by atoms with Gasteiger partial charge in [-0.15, -0.1) is 6.58 Å². The Hall–Kier alpha value is -2.18. The topological polar surface area (TPSA) is 51.1 Å². The molecule has 0 bridgehead atoms. The van der Waals surface area contributed by atoms with Gasteiger partial charge in [-0.3, -0.25) is 4.68 Å². The van der Waals surface area contributed by atoms with Gasteiger partial charge in [-0.25, -0.2) is 0 Å². The summed E-state index contributed by atoms with van der Waals surface area (Å²) in [7, 11) is 0. The van der Waals surface area contributed by atoms with Crippen LogP contribution in [0.4, 0.5) is 5.69 Å². The Balaban J connectivity index is 1.68. The Morgan fingerprint density at radius 3 is 2.95 bits per heavy atom. The maximum atomic E-state index is 5.64. The van der Waals surface area contributed by atoms with Crippen LogP contribution in [0.25, 0.3) is 0 Å². The first kappa shape index (κ1) is 16.2. The molecular weight excluding hydrogens is 296 g/mol. The van der Waals surface area contributed by atoms with Gasteiger partial charge in [0.2, 0.25) is 0 Å². The van der Waals surface area contributed by atoms with Crippen molar-refractivity contribution in [1.29, 1.82) is 0 Å². The zero-order valence-corrected chi connectivity index (χ0v) is 13.2. The number of hydrogen-bond acceptors (Lipinski definition) is 3. The third-order valence-corrected chi connectivity index (χ3v) is 3.12. The highest BCUT2D eigenvalue weighted by Crippen LogP contribution is 2.05. The SMILES string of the molecule is C=CCNC(=S)Nc1cnn(CCOCc2ccccc2)c1. The molecule has 0 saturated carbocycles. The molecule has 116 valence electrons. The molecule has 0 atom stereocenters. The average molecular weight is 316 g/mol. The first-order valence-corrected chi connectivity index (χ1v) is 7.48. The number of nitrogens with zero attached hydrogens (tertiary/aromatic N) is 2. The van der Waals surface area contributed by atoms with E-state index in [4.69, 9.17) is 17.0 Å². The fourth-order valence-corrected chi connectivity index (χ4v) is 2.01. The lowest BCUT2D eigenvalue weighted by Gasteiger charge is -2.06. The van der Waals surface area contributed by atoms with E-state index in [-0.39, 0.29) is 0 Å². The van der Waals surface area contributed by atoms with Crippen molar-refractivity contribution in [3.8, 4) is 0 Å². The summed E-state index contributed by atoms with van der Waals surface area (Å²) in [5.41, 5.74) is 2.02. The number of anilines is 1. The number of thiocarbonyl (C=S) groups is 1. The van der Waals surface area contributed by atoms with Crippen molar-refractivity contribution in [2.45, 2.75) is 13.2 Å². The molecule has 0 saturated heterocycles. The van der Waals surface area contributed by atoms with Crippen LogP contribution in [-0.2, 0) is 17.9 Å². The molecule has 1 aromatic heterocycles. The molecule has 0 aliphatic carbocycles. The molecular formula is C16H20N4OS. The van der Waals surface area contributed by atoms with E-state index in [1.165, 1.54) is 5.56 Å². The van der Waals surface area contributed by atoms with Crippen LogP contribution in [0.3, 0.4) is 0 Å². The van der Waals surface area contributed by atoms with E-state index in [0.717, 1.165) is 5.69 Å². The molecule has 2 N–H and O–H groups in total. The van der Waals surface area contributed by atoms with Crippen molar-refractivity contribution in [2.75, 3.05) is 18.5 Å². The summed E-state index contributed by atoms with van der Waals surface area (Å²) in [6, 6.07) is 10.1. The highest BCUT2D eigenvalue weighted by Gasteiger charge is 2.01. The Bertz CT molecular complexity index is 597. The second-order valence-corrected chi connectivity index (χ2v) is 5.06. The van der Waals surface area contributed by atoms with Gasteiger partial charge in [0.05, 0.1) is 31.6 Å². The molecule has 0 fully saturated rings. The molecule has 2 aromatic rings. The van der Waals surface area contributed by atoms with E-state index in [2.05, 4.69) is 22.3 Å². The molecule has 0 unspecified atom stereocenters. The van der Waals surface area contributed by atoms with Gasteiger partial charge in [-0.2, -0.15) is 5.10 Å². The van der Waals surface area contributed by atoms with E-state index < -0.39 is 0 Å². The van der Waals surface area contributed by atoms with Crippen LogP contribution in [0, 0.1) is 0 Å². The lowest BCUT2D eigenvalue weighted by molar-refractivity contribution is 0.111. The standard InChI is InChI=1S/C16H20N4OS/c1-2-8-17-16(22)19-15-11-18-20(12-15)9-10-21-13-14-6-4-3-5-7-14/h2-7,11-12H,1,8-10,13H2,(H2,17,19,22). The highest BCUT2D eigenvalue weighted by molar-refractivity contribution is 7.80. The summed E-state index contributed by atoms with van der Waals surface area (Å²) in [5.74, 6) is 0. The van der Waals surface area contributed by atoms with Gasteiger partial charge in [0.1, 0.15) is 0 Å². The molecule has 6 heteroatoms. The number of ether oxygens (including phenoxy) is 1. The molecule has 1 aromatic carbocycles. The summed E-state index contributed by atoms with van der Waals surface area (Å²) >= 11 is 5.14. The Morgan fingerprint density at radius 2 is 2.18 bits per heavy atom. The van der Waals surface area contributed by atoms with Crippen LogP contribution < -0.4 is 10.6 Å². The van der Waals surface area contributed by atoms with Gasteiger partial charge in [0, 0.05) is 12.7 Å². The first-order valence-electron chi connectivity index (χ1n) is 7.08. The largest absolute Gasteiger partial charge is 0.375 e. The fourth-order valence-electron chi connectivity index (χ4n) is 1.81. The number of hydrogen-bond donors (Lipinski definition) is 2. The quantitative estimate of drug-likeness (QED) is 0.445. The zero-order valence-electron chi connectivity index (χ0n) is 12.4. The zero-order chi connectivity index (χ0) is 15.6. The van der Waals surface area contributed by atoms with Crippen LogP contribution in [0.2, 0.25) is 0 Å². The Labute approximate surface area is 136 Å². The average Bonchev–Trinajstić information content (AvgIpc) is 2.98. The first-order chi connectivity index (χ1) is 10.8. The molecule has 2 rings (SSSR count). The van der Waals surface area contributed by atoms with E-state index in [9.17, 15) is 0 Å². The van der Waals surface area contributed by atoms with Crippen molar-refractivity contribution in [1.82, 2.24) is 15.1 Å². The number of rotatable bonds is 8.